The van der Waals surface area contributed by atoms with Gasteiger partial charge in [-0.15, -0.1) is 0 Å². The zero-order valence-corrected chi connectivity index (χ0v) is 12.0. The minimum atomic E-state index is -2.97. The van der Waals surface area contributed by atoms with Gasteiger partial charge in [0.05, 0.1) is 10.9 Å². The lowest BCUT2D eigenvalue weighted by Gasteiger charge is -2.34. The molecule has 4 nitrogen and oxygen atoms in total. The Labute approximate surface area is 110 Å². The van der Waals surface area contributed by atoms with E-state index in [1.807, 2.05) is 0 Å². The summed E-state index contributed by atoms with van der Waals surface area (Å²) in [5.41, 5.74) is -0.608. The van der Waals surface area contributed by atoms with Crippen molar-refractivity contribution in [2.45, 2.75) is 68.3 Å². The van der Waals surface area contributed by atoms with Gasteiger partial charge in [-0.1, -0.05) is 25.7 Å². The van der Waals surface area contributed by atoms with Gasteiger partial charge in [-0.3, -0.25) is 0 Å². The van der Waals surface area contributed by atoms with Gasteiger partial charge in [-0.2, -0.15) is 0 Å². The number of rotatable bonds is 4. The predicted molar refractivity (Wildman–Crippen MR) is 72.3 cm³/mol. The predicted octanol–water partition coefficient (Wildman–Crippen LogP) is 1.24. The minimum Gasteiger partial charge on any atom is -0.389 e. The molecule has 0 saturated heterocycles. The van der Waals surface area contributed by atoms with Crippen LogP contribution in [-0.4, -0.2) is 43.2 Å². The maximum absolute atomic E-state index is 11.7. The van der Waals surface area contributed by atoms with Gasteiger partial charge in [0.25, 0.3) is 0 Å². The third-order valence-electron chi connectivity index (χ3n) is 4.48. The van der Waals surface area contributed by atoms with Gasteiger partial charge in [-0.05, 0) is 25.7 Å². The van der Waals surface area contributed by atoms with Gasteiger partial charge in [0.1, 0.15) is 0 Å². The first-order chi connectivity index (χ1) is 8.41. The summed E-state index contributed by atoms with van der Waals surface area (Å²) in [5.74, 6) is 0. The van der Waals surface area contributed by atoms with E-state index in [-0.39, 0.29) is 11.3 Å². The number of sulfone groups is 1. The van der Waals surface area contributed by atoms with E-state index in [0.717, 1.165) is 44.9 Å². The van der Waals surface area contributed by atoms with Crippen molar-refractivity contribution < 1.29 is 13.5 Å². The quantitative estimate of drug-likeness (QED) is 0.810. The van der Waals surface area contributed by atoms with Crippen LogP contribution in [0.5, 0.6) is 0 Å². The molecule has 2 aliphatic carbocycles. The fraction of sp³-hybridized carbons (Fsp3) is 1.00. The summed E-state index contributed by atoms with van der Waals surface area (Å²) < 4.78 is 23.3. The lowest BCUT2D eigenvalue weighted by atomic mass is 9.84. The summed E-state index contributed by atoms with van der Waals surface area (Å²) in [6.07, 6.45) is 9.02. The fourth-order valence-corrected chi connectivity index (χ4v) is 4.80. The lowest BCUT2D eigenvalue weighted by molar-refractivity contribution is 0.00286. The molecule has 2 saturated carbocycles. The molecule has 2 unspecified atom stereocenters. The van der Waals surface area contributed by atoms with Crippen LogP contribution >= 0.6 is 0 Å². The standard InChI is InChI=1S/C13H25NO3S/c1-18(16,17)12-7-5-6-11(12)14-10-13(15)8-3-2-4-9-13/h11-12,14-15H,2-10H2,1H3. The highest BCUT2D eigenvalue weighted by atomic mass is 32.2. The summed E-state index contributed by atoms with van der Waals surface area (Å²) in [6.45, 7) is 0.545. The van der Waals surface area contributed by atoms with E-state index in [1.165, 1.54) is 12.7 Å². The third kappa shape index (κ3) is 3.45. The molecule has 2 N–H and O–H groups in total. The molecule has 106 valence electrons. The van der Waals surface area contributed by atoms with Gasteiger partial charge in [0, 0.05) is 18.8 Å². The summed E-state index contributed by atoms with van der Waals surface area (Å²) in [6, 6.07) is 0.0333. The molecule has 18 heavy (non-hydrogen) atoms. The van der Waals surface area contributed by atoms with Gasteiger partial charge < -0.3 is 10.4 Å². The Morgan fingerprint density at radius 1 is 1.17 bits per heavy atom. The molecule has 2 rings (SSSR count). The van der Waals surface area contributed by atoms with Gasteiger partial charge in [0.15, 0.2) is 9.84 Å². The highest BCUT2D eigenvalue weighted by molar-refractivity contribution is 7.91. The van der Waals surface area contributed by atoms with Crippen LogP contribution in [0.25, 0.3) is 0 Å². The molecule has 0 radical (unpaired) electrons. The zero-order chi connectivity index (χ0) is 13.2. The Hall–Kier alpha value is -0.130. The van der Waals surface area contributed by atoms with Gasteiger partial charge in [-0.25, -0.2) is 8.42 Å². The SMILES string of the molecule is CS(=O)(=O)C1CCCC1NCC1(O)CCCCC1. The maximum atomic E-state index is 11.7. The maximum Gasteiger partial charge on any atom is 0.151 e. The van der Waals surface area contributed by atoms with E-state index < -0.39 is 15.4 Å². The first-order valence-corrected chi connectivity index (χ1v) is 9.01. The fourth-order valence-electron chi connectivity index (χ4n) is 3.38. The molecule has 2 aliphatic rings. The first kappa shape index (κ1) is 14.3. The molecule has 0 aliphatic heterocycles. The first-order valence-electron chi connectivity index (χ1n) is 7.05. The topological polar surface area (TPSA) is 66.4 Å². The van der Waals surface area contributed by atoms with E-state index in [4.69, 9.17) is 0 Å². The zero-order valence-electron chi connectivity index (χ0n) is 11.2. The Morgan fingerprint density at radius 2 is 1.83 bits per heavy atom. The summed E-state index contributed by atoms with van der Waals surface area (Å²) in [5, 5.41) is 13.5. The molecular formula is C13H25NO3S. The highest BCUT2D eigenvalue weighted by Gasteiger charge is 2.37. The molecule has 0 aromatic rings. The van der Waals surface area contributed by atoms with Crippen LogP contribution in [0.2, 0.25) is 0 Å². The lowest BCUT2D eigenvalue weighted by Crippen LogP contribution is -2.49. The summed E-state index contributed by atoms with van der Waals surface area (Å²) >= 11 is 0. The van der Waals surface area contributed by atoms with Crippen LogP contribution in [0.3, 0.4) is 0 Å². The second kappa shape index (κ2) is 5.47. The van der Waals surface area contributed by atoms with Crippen molar-refractivity contribution in [3.05, 3.63) is 0 Å². The summed E-state index contributed by atoms with van der Waals surface area (Å²) in [7, 11) is -2.97. The van der Waals surface area contributed by atoms with Crippen LogP contribution in [0.1, 0.15) is 51.4 Å². The average molecular weight is 275 g/mol. The molecule has 0 bridgehead atoms. The van der Waals surface area contributed by atoms with E-state index >= 15 is 0 Å². The van der Waals surface area contributed by atoms with Crippen molar-refractivity contribution in [2.24, 2.45) is 0 Å². The number of hydrogen-bond donors (Lipinski definition) is 2. The normalized spacial score (nSPS) is 32.6. The third-order valence-corrected chi connectivity index (χ3v) is 6.14. The van der Waals surface area contributed by atoms with Crippen molar-refractivity contribution in [1.82, 2.24) is 5.32 Å². The second-order valence-corrected chi connectivity index (χ2v) is 8.34. The molecular weight excluding hydrogens is 250 g/mol. The van der Waals surface area contributed by atoms with Crippen molar-refractivity contribution in [2.75, 3.05) is 12.8 Å². The van der Waals surface area contributed by atoms with Crippen molar-refractivity contribution >= 4 is 9.84 Å². The Kier molecular flexibility index (Phi) is 4.34. The minimum absolute atomic E-state index is 0.0333. The number of hydrogen-bond acceptors (Lipinski definition) is 4. The number of nitrogens with one attached hydrogen (secondary N) is 1. The van der Waals surface area contributed by atoms with Gasteiger partial charge in [0.2, 0.25) is 0 Å². The Morgan fingerprint density at radius 3 is 2.44 bits per heavy atom. The molecule has 0 aromatic carbocycles. The van der Waals surface area contributed by atoms with E-state index in [9.17, 15) is 13.5 Å². The number of aliphatic hydroxyl groups is 1. The van der Waals surface area contributed by atoms with Crippen LogP contribution in [0, 0.1) is 0 Å². The molecule has 2 fully saturated rings. The average Bonchev–Trinajstić information content (AvgIpc) is 2.75. The van der Waals surface area contributed by atoms with Crippen LogP contribution in [-0.2, 0) is 9.84 Å². The monoisotopic (exact) mass is 275 g/mol. The second-order valence-electron chi connectivity index (χ2n) is 6.07. The van der Waals surface area contributed by atoms with Crippen molar-refractivity contribution in [3.8, 4) is 0 Å². The largest absolute Gasteiger partial charge is 0.389 e. The van der Waals surface area contributed by atoms with Gasteiger partial charge >= 0.3 is 0 Å². The molecule has 0 heterocycles. The Balaban J connectivity index is 1.89. The molecule has 0 aromatic heterocycles. The molecule has 2 atom stereocenters. The van der Waals surface area contributed by atoms with Crippen LogP contribution in [0.15, 0.2) is 0 Å². The van der Waals surface area contributed by atoms with Crippen molar-refractivity contribution in [1.29, 1.82) is 0 Å². The highest BCUT2D eigenvalue weighted by Crippen LogP contribution is 2.29. The Bertz CT molecular complexity index is 374. The molecule has 0 spiro atoms. The molecule has 5 heteroatoms. The summed E-state index contributed by atoms with van der Waals surface area (Å²) in [4.78, 5) is 0. The molecule has 0 amide bonds. The van der Waals surface area contributed by atoms with Crippen LogP contribution in [0.4, 0.5) is 0 Å². The van der Waals surface area contributed by atoms with Crippen molar-refractivity contribution in [3.63, 3.8) is 0 Å². The van der Waals surface area contributed by atoms with E-state index in [2.05, 4.69) is 5.32 Å². The van der Waals surface area contributed by atoms with Crippen LogP contribution < -0.4 is 5.32 Å². The van der Waals surface area contributed by atoms with E-state index in [0.29, 0.717) is 6.54 Å². The smallest absolute Gasteiger partial charge is 0.151 e. The van der Waals surface area contributed by atoms with E-state index in [1.54, 1.807) is 0 Å².